The van der Waals surface area contributed by atoms with Gasteiger partial charge in [-0.25, -0.2) is 0 Å². The summed E-state index contributed by atoms with van der Waals surface area (Å²) in [7, 11) is 6.69. The van der Waals surface area contributed by atoms with Crippen molar-refractivity contribution in [2.45, 2.75) is 200 Å². The van der Waals surface area contributed by atoms with E-state index in [2.05, 4.69) is 35.0 Å². The van der Waals surface area contributed by atoms with Crippen molar-refractivity contribution >= 4 is 20.7 Å². The third-order valence-corrected chi connectivity index (χ3v) is 10.1. The molecule has 0 bridgehead atoms. The molecular formula is C39H79NO5P+. The SMILES string of the molecule is CCCCCCCCCCCCCCCC(=O)OC[C@H](COPC[N+](C)(C)C)OC(=O)CCCCCCCCCCCCCCC. The van der Waals surface area contributed by atoms with E-state index in [1.54, 1.807) is 0 Å². The van der Waals surface area contributed by atoms with Gasteiger partial charge in [0.2, 0.25) is 0 Å². The molecule has 0 amide bonds. The second kappa shape index (κ2) is 34.2. The van der Waals surface area contributed by atoms with Crippen molar-refractivity contribution in [1.82, 2.24) is 0 Å². The molecule has 0 aliphatic carbocycles. The largest absolute Gasteiger partial charge is 0.462 e. The van der Waals surface area contributed by atoms with Gasteiger partial charge in [0.15, 0.2) is 6.10 Å². The fourth-order valence-electron chi connectivity index (χ4n) is 5.58. The first kappa shape index (κ1) is 45.3. The van der Waals surface area contributed by atoms with Crippen molar-refractivity contribution in [3.63, 3.8) is 0 Å². The molecule has 0 fully saturated rings. The van der Waals surface area contributed by atoms with Crippen molar-refractivity contribution in [3.8, 4) is 0 Å². The maximum Gasteiger partial charge on any atom is 0.306 e. The average Bonchev–Trinajstić information content (AvgIpc) is 3.02. The van der Waals surface area contributed by atoms with Gasteiger partial charge in [0.1, 0.15) is 12.9 Å². The van der Waals surface area contributed by atoms with Crippen molar-refractivity contribution in [2.24, 2.45) is 0 Å². The Hall–Kier alpha value is -0.710. The minimum Gasteiger partial charge on any atom is -0.462 e. The second-order valence-corrected chi connectivity index (χ2v) is 15.6. The van der Waals surface area contributed by atoms with E-state index in [0.29, 0.717) is 21.6 Å². The summed E-state index contributed by atoms with van der Waals surface area (Å²) in [6.07, 6.45) is 34.5. The van der Waals surface area contributed by atoms with Crippen LogP contribution in [-0.2, 0) is 23.6 Å². The molecule has 0 aromatic carbocycles. The number of carbonyl (C=O) groups is 2. The number of hydrogen-bond acceptors (Lipinski definition) is 5. The minimum atomic E-state index is -0.537. The Morgan fingerprint density at radius 3 is 1.22 bits per heavy atom. The minimum absolute atomic E-state index is 0.0798. The molecule has 0 saturated carbocycles. The highest BCUT2D eigenvalue weighted by Gasteiger charge is 2.18. The van der Waals surface area contributed by atoms with Crippen LogP contribution in [0.15, 0.2) is 0 Å². The van der Waals surface area contributed by atoms with Crippen LogP contribution in [0.25, 0.3) is 0 Å². The number of rotatable bonds is 36. The van der Waals surface area contributed by atoms with Gasteiger partial charge in [0.25, 0.3) is 0 Å². The van der Waals surface area contributed by atoms with Crippen LogP contribution in [0.2, 0.25) is 0 Å². The van der Waals surface area contributed by atoms with E-state index in [4.69, 9.17) is 14.0 Å². The molecule has 274 valence electrons. The Labute approximate surface area is 288 Å². The number of quaternary nitrogens is 1. The Morgan fingerprint density at radius 2 is 0.848 bits per heavy atom. The smallest absolute Gasteiger partial charge is 0.306 e. The molecule has 6 nitrogen and oxygen atoms in total. The maximum absolute atomic E-state index is 12.6. The van der Waals surface area contributed by atoms with E-state index in [-0.39, 0.29) is 25.2 Å². The van der Waals surface area contributed by atoms with Crippen LogP contribution in [0.4, 0.5) is 0 Å². The third-order valence-electron chi connectivity index (χ3n) is 8.61. The molecule has 0 radical (unpaired) electrons. The topological polar surface area (TPSA) is 61.8 Å². The summed E-state index contributed by atoms with van der Waals surface area (Å²) in [6, 6.07) is 0. The molecule has 0 heterocycles. The monoisotopic (exact) mass is 673 g/mol. The quantitative estimate of drug-likeness (QED) is 0.0287. The highest BCUT2D eigenvalue weighted by molar-refractivity contribution is 7.31. The molecule has 1 unspecified atom stereocenters. The Kier molecular flexibility index (Phi) is 33.6. The fraction of sp³-hybridized carbons (Fsp3) is 0.949. The second-order valence-electron chi connectivity index (χ2n) is 14.7. The molecule has 0 aromatic rings. The molecule has 0 aliphatic rings. The van der Waals surface area contributed by atoms with E-state index in [0.717, 1.165) is 36.5 Å². The van der Waals surface area contributed by atoms with E-state index in [1.165, 1.54) is 141 Å². The van der Waals surface area contributed by atoms with Crippen LogP contribution < -0.4 is 0 Å². The first-order valence-electron chi connectivity index (χ1n) is 19.8. The average molecular weight is 673 g/mol. The lowest BCUT2D eigenvalue weighted by Gasteiger charge is -2.24. The molecule has 0 aliphatic heterocycles. The summed E-state index contributed by atoms with van der Waals surface area (Å²) in [4.78, 5) is 25.0. The van der Waals surface area contributed by atoms with Gasteiger partial charge < -0.3 is 18.5 Å². The van der Waals surface area contributed by atoms with Gasteiger partial charge in [-0.05, 0) is 12.8 Å². The number of esters is 2. The van der Waals surface area contributed by atoms with E-state index >= 15 is 0 Å². The van der Waals surface area contributed by atoms with Gasteiger partial charge in [0, 0.05) is 12.8 Å². The Morgan fingerprint density at radius 1 is 0.500 bits per heavy atom. The number of hydrogen-bond donors (Lipinski definition) is 0. The summed E-state index contributed by atoms with van der Waals surface area (Å²) in [5, 5.41) is 0. The first-order chi connectivity index (χ1) is 22.3. The Balaban J connectivity index is 4.05. The van der Waals surface area contributed by atoms with Crippen LogP contribution in [0.5, 0.6) is 0 Å². The molecule has 0 rings (SSSR count). The van der Waals surface area contributed by atoms with Gasteiger partial charge >= 0.3 is 11.9 Å². The Bertz CT molecular complexity index is 669. The summed E-state index contributed by atoms with van der Waals surface area (Å²) < 4.78 is 17.9. The molecule has 0 N–H and O–H groups in total. The third kappa shape index (κ3) is 36.1. The van der Waals surface area contributed by atoms with Crippen LogP contribution in [0.3, 0.4) is 0 Å². The zero-order valence-corrected chi connectivity index (χ0v) is 32.5. The lowest BCUT2D eigenvalue weighted by atomic mass is 10.0. The van der Waals surface area contributed by atoms with Crippen LogP contribution in [-0.4, -0.2) is 63.2 Å². The molecule has 0 aromatic heterocycles. The van der Waals surface area contributed by atoms with E-state index in [9.17, 15) is 9.59 Å². The van der Waals surface area contributed by atoms with Gasteiger partial charge in [-0.15, -0.1) is 0 Å². The van der Waals surface area contributed by atoms with Gasteiger partial charge in [-0.2, -0.15) is 0 Å². The zero-order chi connectivity index (χ0) is 34.0. The fourth-order valence-corrected chi connectivity index (χ4v) is 6.37. The molecule has 2 atom stereocenters. The van der Waals surface area contributed by atoms with Crippen LogP contribution >= 0.6 is 8.81 Å². The summed E-state index contributed by atoms with van der Waals surface area (Å²) in [6.45, 7) is 4.89. The lowest BCUT2D eigenvalue weighted by Crippen LogP contribution is -2.33. The number of carbonyl (C=O) groups excluding carboxylic acids is 2. The van der Waals surface area contributed by atoms with E-state index in [1.807, 2.05) is 0 Å². The molecule has 46 heavy (non-hydrogen) atoms. The molecule has 7 heteroatoms. The lowest BCUT2D eigenvalue weighted by molar-refractivity contribution is -0.858. The van der Waals surface area contributed by atoms with Crippen molar-refractivity contribution in [1.29, 1.82) is 0 Å². The summed E-state index contributed by atoms with van der Waals surface area (Å²) in [5.41, 5.74) is 0. The molecule has 0 saturated heterocycles. The van der Waals surface area contributed by atoms with Crippen LogP contribution in [0.1, 0.15) is 194 Å². The predicted octanol–water partition coefficient (Wildman–Crippen LogP) is 11.7. The summed E-state index contributed by atoms with van der Waals surface area (Å²) in [5.74, 6) is -0.409. The molecule has 0 spiro atoms. The van der Waals surface area contributed by atoms with Gasteiger partial charge in [-0.1, -0.05) is 168 Å². The van der Waals surface area contributed by atoms with Crippen molar-refractivity contribution in [3.05, 3.63) is 0 Å². The number of nitrogens with zero attached hydrogens (tertiary/aromatic N) is 1. The maximum atomic E-state index is 12.6. The van der Waals surface area contributed by atoms with E-state index < -0.39 is 6.10 Å². The van der Waals surface area contributed by atoms with Gasteiger partial charge in [0.05, 0.1) is 36.6 Å². The summed E-state index contributed by atoms with van der Waals surface area (Å²) >= 11 is 0. The normalized spacial score (nSPS) is 12.6. The van der Waals surface area contributed by atoms with Crippen molar-refractivity contribution < 1.29 is 28.1 Å². The molecular weight excluding hydrogens is 593 g/mol. The highest BCUT2D eigenvalue weighted by Crippen LogP contribution is 2.18. The van der Waals surface area contributed by atoms with Crippen LogP contribution in [0, 0.1) is 0 Å². The number of ether oxygens (including phenoxy) is 2. The highest BCUT2D eigenvalue weighted by atomic mass is 31.1. The number of unbranched alkanes of at least 4 members (excludes halogenated alkanes) is 24. The van der Waals surface area contributed by atoms with Gasteiger partial charge in [-0.3, -0.25) is 9.59 Å². The van der Waals surface area contributed by atoms with Crippen molar-refractivity contribution in [2.75, 3.05) is 40.6 Å². The predicted molar refractivity (Wildman–Crippen MR) is 199 cm³/mol. The first-order valence-corrected chi connectivity index (χ1v) is 20.9. The zero-order valence-electron chi connectivity index (χ0n) is 31.5. The standard InChI is InChI=1S/C39H79NO5P/c1-6-8-10-12-14-16-18-20-22-24-26-28-30-32-38(41)43-34-37(35-44-46-36-40(3,4)5)45-39(42)33-31-29-27-25-23-21-19-17-15-13-11-9-7-2/h37,46H,6-36H2,1-5H3/q+1/t37-/m1/s1.